The molecule has 0 unspecified atom stereocenters. The molecule has 0 saturated heterocycles. The van der Waals surface area contributed by atoms with Crippen molar-refractivity contribution in [3.05, 3.63) is 29.3 Å². The maximum absolute atomic E-state index is 10.6. The first-order valence-electron chi connectivity index (χ1n) is 5.23. The fourth-order valence-corrected chi connectivity index (χ4v) is 1.17. The monoisotopic (exact) mass is 206 g/mol. The minimum Gasteiger partial charge on any atom is -0.488 e. The van der Waals surface area contributed by atoms with Crippen LogP contribution < -0.4 is 4.74 Å². The third kappa shape index (κ3) is 3.08. The Labute approximate surface area is 91.3 Å². The van der Waals surface area contributed by atoms with Crippen molar-refractivity contribution in [3.8, 4) is 5.75 Å². The summed E-state index contributed by atoms with van der Waals surface area (Å²) in [6, 6.07) is 5.50. The van der Waals surface area contributed by atoms with Gasteiger partial charge >= 0.3 is 0 Å². The Morgan fingerprint density at radius 1 is 1.40 bits per heavy atom. The second-order valence-electron chi connectivity index (χ2n) is 4.36. The quantitative estimate of drug-likeness (QED) is 0.706. The highest BCUT2D eigenvalue weighted by molar-refractivity contribution is 5.75. The normalized spacial score (nSPS) is 11.2. The molecule has 1 aromatic rings. The van der Waals surface area contributed by atoms with E-state index in [2.05, 4.69) is 6.92 Å². The lowest BCUT2D eigenvalue weighted by atomic mass is 10.1. The van der Waals surface area contributed by atoms with E-state index >= 15 is 0 Å². The Morgan fingerprint density at radius 2 is 2.07 bits per heavy atom. The molecule has 0 fully saturated rings. The van der Waals surface area contributed by atoms with Gasteiger partial charge in [0.1, 0.15) is 17.6 Å². The molecule has 0 aliphatic heterocycles. The molecule has 1 aromatic carbocycles. The van der Waals surface area contributed by atoms with Crippen LogP contribution in [0.25, 0.3) is 0 Å². The molecule has 0 aliphatic carbocycles. The summed E-state index contributed by atoms with van der Waals surface area (Å²) in [6.45, 7) is 8.15. The van der Waals surface area contributed by atoms with Crippen molar-refractivity contribution in [1.29, 1.82) is 0 Å². The van der Waals surface area contributed by atoms with Gasteiger partial charge in [0.15, 0.2) is 0 Å². The number of hydrogen-bond donors (Lipinski definition) is 0. The van der Waals surface area contributed by atoms with Gasteiger partial charge in [-0.3, -0.25) is 4.79 Å². The molecule has 0 N–H and O–H groups in total. The molecule has 0 aliphatic rings. The number of carbonyl (C=O) groups excluding carboxylic acids is 1. The number of carbonyl (C=O) groups is 1. The second kappa shape index (κ2) is 4.47. The summed E-state index contributed by atoms with van der Waals surface area (Å²) >= 11 is 0. The van der Waals surface area contributed by atoms with Crippen LogP contribution in [0.1, 0.15) is 43.1 Å². The smallest absolute Gasteiger partial charge is 0.150 e. The lowest BCUT2D eigenvalue weighted by Crippen LogP contribution is -2.27. The average Bonchev–Trinajstić information content (AvgIpc) is 2.21. The van der Waals surface area contributed by atoms with Crippen LogP contribution >= 0.6 is 0 Å². The second-order valence-corrected chi connectivity index (χ2v) is 4.36. The zero-order chi connectivity index (χ0) is 11.5. The van der Waals surface area contributed by atoms with Crippen molar-refractivity contribution in [2.45, 2.75) is 39.7 Å². The van der Waals surface area contributed by atoms with E-state index in [1.165, 1.54) is 0 Å². The molecule has 0 atom stereocenters. The van der Waals surface area contributed by atoms with E-state index in [1.807, 2.05) is 26.8 Å². The molecule has 0 heterocycles. The van der Waals surface area contributed by atoms with E-state index in [0.29, 0.717) is 5.56 Å². The predicted octanol–water partition coefficient (Wildman–Crippen LogP) is 3.37. The Hall–Kier alpha value is -1.31. The highest BCUT2D eigenvalue weighted by Gasteiger charge is 2.17. The molecule has 15 heavy (non-hydrogen) atoms. The lowest BCUT2D eigenvalue weighted by Gasteiger charge is -2.26. The van der Waals surface area contributed by atoms with E-state index in [-0.39, 0.29) is 5.60 Å². The standard InChI is InChI=1S/C13H18O2/c1-5-13(3,4)15-12-8-11(9-14)7-6-10(12)2/h6-9H,5H2,1-4H3. The highest BCUT2D eigenvalue weighted by Crippen LogP contribution is 2.25. The highest BCUT2D eigenvalue weighted by atomic mass is 16.5. The van der Waals surface area contributed by atoms with Crippen molar-refractivity contribution in [1.82, 2.24) is 0 Å². The third-order valence-corrected chi connectivity index (χ3v) is 2.59. The molecule has 2 heteroatoms. The van der Waals surface area contributed by atoms with Crippen LogP contribution in [0.15, 0.2) is 18.2 Å². The molecule has 0 saturated carbocycles. The van der Waals surface area contributed by atoms with Crippen LogP contribution in [0.2, 0.25) is 0 Å². The van der Waals surface area contributed by atoms with Crippen LogP contribution in [0, 0.1) is 6.92 Å². The summed E-state index contributed by atoms with van der Waals surface area (Å²) in [5, 5.41) is 0. The molecule has 0 spiro atoms. The first kappa shape index (κ1) is 11.8. The number of rotatable bonds is 4. The topological polar surface area (TPSA) is 26.3 Å². The van der Waals surface area contributed by atoms with Crippen molar-refractivity contribution < 1.29 is 9.53 Å². The SMILES string of the molecule is CCC(C)(C)Oc1cc(C=O)ccc1C. The van der Waals surface area contributed by atoms with Crippen LogP contribution in [-0.4, -0.2) is 11.9 Å². The van der Waals surface area contributed by atoms with Gasteiger partial charge in [-0.05, 0) is 38.8 Å². The maximum atomic E-state index is 10.6. The first-order valence-corrected chi connectivity index (χ1v) is 5.23. The number of aryl methyl sites for hydroxylation is 1. The van der Waals surface area contributed by atoms with Crippen LogP contribution in [-0.2, 0) is 0 Å². The zero-order valence-corrected chi connectivity index (χ0v) is 9.83. The van der Waals surface area contributed by atoms with Gasteiger partial charge in [0.05, 0.1) is 0 Å². The Balaban J connectivity index is 2.98. The maximum Gasteiger partial charge on any atom is 0.150 e. The third-order valence-electron chi connectivity index (χ3n) is 2.59. The van der Waals surface area contributed by atoms with Gasteiger partial charge in [-0.15, -0.1) is 0 Å². The summed E-state index contributed by atoms with van der Waals surface area (Å²) in [5.74, 6) is 0.798. The van der Waals surface area contributed by atoms with Gasteiger partial charge < -0.3 is 4.74 Å². The van der Waals surface area contributed by atoms with E-state index in [9.17, 15) is 4.79 Å². The number of aldehydes is 1. The zero-order valence-electron chi connectivity index (χ0n) is 9.83. The fourth-order valence-electron chi connectivity index (χ4n) is 1.17. The minimum atomic E-state index is -0.188. The number of ether oxygens (including phenoxy) is 1. The minimum absolute atomic E-state index is 0.188. The number of hydrogen-bond acceptors (Lipinski definition) is 2. The van der Waals surface area contributed by atoms with Crippen LogP contribution in [0.3, 0.4) is 0 Å². The van der Waals surface area contributed by atoms with E-state index in [4.69, 9.17) is 4.74 Å². The van der Waals surface area contributed by atoms with Gasteiger partial charge in [0.25, 0.3) is 0 Å². The molecule has 0 amide bonds. The summed E-state index contributed by atoms with van der Waals surface area (Å²) < 4.78 is 5.87. The van der Waals surface area contributed by atoms with E-state index in [1.54, 1.807) is 12.1 Å². The molecule has 1 rings (SSSR count). The molecular formula is C13H18O2. The van der Waals surface area contributed by atoms with Gasteiger partial charge in [0, 0.05) is 5.56 Å². The van der Waals surface area contributed by atoms with Gasteiger partial charge in [-0.2, -0.15) is 0 Å². The Morgan fingerprint density at radius 3 is 2.60 bits per heavy atom. The van der Waals surface area contributed by atoms with Crippen molar-refractivity contribution in [2.24, 2.45) is 0 Å². The average molecular weight is 206 g/mol. The van der Waals surface area contributed by atoms with Crippen molar-refractivity contribution in [2.75, 3.05) is 0 Å². The Bertz CT molecular complexity index is 354. The van der Waals surface area contributed by atoms with Crippen LogP contribution in [0.5, 0.6) is 5.75 Å². The van der Waals surface area contributed by atoms with Crippen LogP contribution in [0.4, 0.5) is 0 Å². The summed E-state index contributed by atoms with van der Waals surface area (Å²) in [4.78, 5) is 10.6. The Kier molecular flexibility index (Phi) is 3.51. The van der Waals surface area contributed by atoms with Crippen molar-refractivity contribution >= 4 is 6.29 Å². The van der Waals surface area contributed by atoms with Gasteiger partial charge in [-0.25, -0.2) is 0 Å². The fraction of sp³-hybridized carbons (Fsp3) is 0.462. The van der Waals surface area contributed by atoms with Gasteiger partial charge in [-0.1, -0.05) is 19.1 Å². The predicted molar refractivity (Wildman–Crippen MR) is 61.6 cm³/mol. The molecule has 0 radical (unpaired) electrons. The first-order chi connectivity index (χ1) is 6.98. The summed E-state index contributed by atoms with van der Waals surface area (Å²) in [5.41, 5.74) is 1.52. The largest absolute Gasteiger partial charge is 0.488 e. The molecule has 0 bridgehead atoms. The number of benzene rings is 1. The summed E-state index contributed by atoms with van der Waals surface area (Å²) in [7, 11) is 0. The van der Waals surface area contributed by atoms with E-state index in [0.717, 1.165) is 24.0 Å². The lowest BCUT2D eigenvalue weighted by molar-refractivity contribution is 0.103. The molecular weight excluding hydrogens is 188 g/mol. The van der Waals surface area contributed by atoms with E-state index < -0.39 is 0 Å². The van der Waals surface area contributed by atoms with Crippen molar-refractivity contribution in [3.63, 3.8) is 0 Å². The molecule has 82 valence electrons. The summed E-state index contributed by atoms with van der Waals surface area (Å²) in [6.07, 6.45) is 1.77. The molecule has 2 nitrogen and oxygen atoms in total. The van der Waals surface area contributed by atoms with Gasteiger partial charge in [0.2, 0.25) is 0 Å². The molecule has 0 aromatic heterocycles.